The third-order valence-electron chi connectivity index (χ3n) is 3.63. The number of carbonyl (C=O) groups excluding carboxylic acids is 1. The van der Waals surface area contributed by atoms with Gasteiger partial charge in [0, 0.05) is 12.1 Å². The van der Waals surface area contributed by atoms with Gasteiger partial charge in [-0.25, -0.2) is 0 Å². The van der Waals surface area contributed by atoms with Crippen molar-refractivity contribution in [1.29, 1.82) is 0 Å². The van der Waals surface area contributed by atoms with Crippen LogP contribution in [0.2, 0.25) is 0 Å². The number of allylic oxidation sites excluding steroid dienone is 1. The molecule has 0 N–H and O–H groups in total. The van der Waals surface area contributed by atoms with Gasteiger partial charge in [-0.1, -0.05) is 18.2 Å². The van der Waals surface area contributed by atoms with E-state index in [1.807, 2.05) is 0 Å². The molecule has 0 aromatic heterocycles. The second-order valence-electron chi connectivity index (χ2n) is 5.22. The quantitative estimate of drug-likeness (QED) is 0.552. The Hall–Kier alpha value is -2.96. The first-order valence-electron chi connectivity index (χ1n) is 7.49. The summed E-state index contributed by atoms with van der Waals surface area (Å²) in [5.74, 6) is 0.578. The van der Waals surface area contributed by atoms with Gasteiger partial charge in [0.05, 0.1) is 26.9 Å². The summed E-state index contributed by atoms with van der Waals surface area (Å²) < 4.78 is 53.3. The Bertz CT molecular complexity index is 784. The maximum absolute atomic E-state index is 12.6. The smallest absolute Gasteiger partial charge is 0.416 e. The lowest BCUT2D eigenvalue weighted by molar-refractivity contribution is -0.137. The molecule has 0 saturated heterocycles. The number of carbonyl (C=O) groups is 1. The minimum absolute atomic E-state index is 0.193. The zero-order valence-corrected chi connectivity index (χ0v) is 14.4. The number of rotatable bonds is 6. The molecule has 0 heterocycles. The van der Waals surface area contributed by atoms with Crippen LogP contribution in [0.25, 0.3) is 6.08 Å². The van der Waals surface area contributed by atoms with Crippen molar-refractivity contribution < 1.29 is 32.2 Å². The van der Waals surface area contributed by atoms with E-state index < -0.39 is 17.5 Å². The maximum Gasteiger partial charge on any atom is 0.416 e. The van der Waals surface area contributed by atoms with E-state index in [4.69, 9.17) is 14.2 Å². The summed E-state index contributed by atoms with van der Waals surface area (Å²) in [7, 11) is 4.29. The Morgan fingerprint density at radius 3 is 1.88 bits per heavy atom. The molecule has 138 valence electrons. The number of ether oxygens (including phenoxy) is 3. The molecule has 2 aromatic rings. The predicted molar refractivity (Wildman–Crippen MR) is 90.9 cm³/mol. The largest absolute Gasteiger partial charge is 0.496 e. The molecular weight excluding hydrogens is 349 g/mol. The van der Waals surface area contributed by atoms with Gasteiger partial charge in [-0.15, -0.1) is 0 Å². The standard InChI is InChI=1S/C19H17F3O4/c1-24-14-10-16(25-2)18(17(11-14)26-3)15(23)9-6-12-4-7-13(8-5-12)19(20,21)22/h4-11H,1-3H3/b9-6+. The molecule has 0 spiro atoms. The van der Waals surface area contributed by atoms with Crippen LogP contribution in [0.4, 0.5) is 13.2 Å². The Morgan fingerprint density at radius 2 is 1.46 bits per heavy atom. The van der Waals surface area contributed by atoms with Crippen LogP contribution in [0.3, 0.4) is 0 Å². The van der Waals surface area contributed by atoms with E-state index in [0.717, 1.165) is 12.1 Å². The molecule has 0 radical (unpaired) electrons. The van der Waals surface area contributed by atoms with Gasteiger partial charge in [0.1, 0.15) is 22.8 Å². The van der Waals surface area contributed by atoms with E-state index in [1.165, 1.54) is 45.6 Å². The number of alkyl halides is 3. The summed E-state index contributed by atoms with van der Waals surface area (Å²) in [5.41, 5.74) is -0.101. The van der Waals surface area contributed by atoms with Gasteiger partial charge in [-0.2, -0.15) is 13.2 Å². The molecule has 2 aromatic carbocycles. The Labute approximate surface area is 148 Å². The van der Waals surface area contributed by atoms with Gasteiger partial charge in [0.15, 0.2) is 5.78 Å². The summed E-state index contributed by atoms with van der Waals surface area (Å²) in [4.78, 5) is 12.5. The number of benzene rings is 2. The van der Waals surface area contributed by atoms with Crippen LogP contribution < -0.4 is 14.2 Å². The van der Waals surface area contributed by atoms with E-state index in [0.29, 0.717) is 11.3 Å². The Morgan fingerprint density at radius 1 is 0.923 bits per heavy atom. The highest BCUT2D eigenvalue weighted by Crippen LogP contribution is 2.34. The first-order valence-corrected chi connectivity index (χ1v) is 7.49. The van der Waals surface area contributed by atoms with Crippen molar-refractivity contribution in [3.05, 3.63) is 59.2 Å². The van der Waals surface area contributed by atoms with Crippen molar-refractivity contribution in [2.24, 2.45) is 0 Å². The first kappa shape index (κ1) is 19.4. The number of methoxy groups -OCH3 is 3. The van der Waals surface area contributed by atoms with Crippen LogP contribution in [0.15, 0.2) is 42.5 Å². The fourth-order valence-electron chi connectivity index (χ4n) is 2.29. The zero-order chi connectivity index (χ0) is 19.3. The lowest BCUT2D eigenvalue weighted by Gasteiger charge is -2.13. The van der Waals surface area contributed by atoms with Crippen molar-refractivity contribution in [3.63, 3.8) is 0 Å². The normalized spacial score (nSPS) is 11.5. The van der Waals surface area contributed by atoms with Gasteiger partial charge < -0.3 is 14.2 Å². The third kappa shape index (κ3) is 4.36. The number of halogens is 3. The minimum Gasteiger partial charge on any atom is -0.496 e. The monoisotopic (exact) mass is 366 g/mol. The average Bonchev–Trinajstić information content (AvgIpc) is 2.64. The predicted octanol–water partition coefficient (Wildman–Crippen LogP) is 4.63. The summed E-state index contributed by atoms with van der Waals surface area (Å²) in [6.45, 7) is 0. The lowest BCUT2D eigenvalue weighted by Crippen LogP contribution is -2.04. The molecular formula is C19H17F3O4. The van der Waals surface area contributed by atoms with Crippen molar-refractivity contribution in [2.45, 2.75) is 6.18 Å². The SMILES string of the molecule is COc1cc(OC)c(C(=O)/C=C/c2ccc(C(F)(F)F)cc2)c(OC)c1. The first-order chi connectivity index (χ1) is 12.3. The topological polar surface area (TPSA) is 44.8 Å². The molecule has 26 heavy (non-hydrogen) atoms. The van der Waals surface area contributed by atoms with Crippen LogP contribution >= 0.6 is 0 Å². The van der Waals surface area contributed by atoms with Gasteiger partial charge in [-0.05, 0) is 23.8 Å². The molecule has 0 fully saturated rings. The second-order valence-corrected chi connectivity index (χ2v) is 5.22. The number of hydrogen-bond donors (Lipinski definition) is 0. The van der Waals surface area contributed by atoms with Crippen LogP contribution in [0, 0.1) is 0 Å². The van der Waals surface area contributed by atoms with E-state index in [1.54, 1.807) is 12.1 Å². The summed E-state index contributed by atoms with van der Waals surface area (Å²) >= 11 is 0. The van der Waals surface area contributed by atoms with Gasteiger partial charge in [0.2, 0.25) is 0 Å². The highest BCUT2D eigenvalue weighted by molar-refractivity contribution is 6.10. The van der Waals surface area contributed by atoms with Crippen LogP contribution in [-0.2, 0) is 6.18 Å². The van der Waals surface area contributed by atoms with E-state index >= 15 is 0 Å². The van der Waals surface area contributed by atoms with Crippen molar-refractivity contribution in [1.82, 2.24) is 0 Å². The molecule has 4 nitrogen and oxygen atoms in total. The molecule has 0 unspecified atom stereocenters. The average molecular weight is 366 g/mol. The fourth-order valence-corrected chi connectivity index (χ4v) is 2.29. The fraction of sp³-hybridized carbons (Fsp3) is 0.211. The number of hydrogen-bond acceptors (Lipinski definition) is 4. The molecule has 0 atom stereocenters. The van der Waals surface area contributed by atoms with E-state index in [9.17, 15) is 18.0 Å². The van der Waals surface area contributed by atoms with Crippen LogP contribution in [-0.4, -0.2) is 27.1 Å². The molecule has 7 heteroatoms. The molecule has 2 rings (SSSR count). The van der Waals surface area contributed by atoms with Crippen molar-refractivity contribution in [3.8, 4) is 17.2 Å². The maximum atomic E-state index is 12.6. The van der Waals surface area contributed by atoms with Crippen LogP contribution in [0.1, 0.15) is 21.5 Å². The van der Waals surface area contributed by atoms with Crippen molar-refractivity contribution >= 4 is 11.9 Å². The summed E-state index contributed by atoms with van der Waals surface area (Å²) in [6.07, 6.45) is -1.73. The highest BCUT2D eigenvalue weighted by Gasteiger charge is 2.29. The van der Waals surface area contributed by atoms with E-state index in [2.05, 4.69) is 0 Å². The highest BCUT2D eigenvalue weighted by atomic mass is 19.4. The lowest BCUT2D eigenvalue weighted by atomic mass is 10.1. The zero-order valence-electron chi connectivity index (χ0n) is 14.4. The van der Waals surface area contributed by atoms with Gasteiger partial charge >= 0.3 is 6.18 Å². The van der Waals surface area contributed by atoms with Gasteiger partial charge in [-0.3, -0.25) is 4.79 Å². The second kappa shape index (κ2) is 7.95. The van der Waals surface area contributed by atoms with E-state index in [-0.39, 0.29) is 17.1 Å². The molecule has 0 aliphatic heterocycles. The minimum atomic E-state index is -4.40. The third-order valence-corrected chi connectivity index (χ3v) is 3.63. The molecule has 0 saturated carbocycles. The van der Waals surface area contributed by atoms with Gasteiger partial charge in [0.25, 0.3) is 0 Å². The Kier molecular flexibility index (Phi) is 5.92. The van der Waals surface area contributed by atoms with Crippen LogP contribution in [0.5, 0.6) is 17.2 Å². The summed E-state index contributed by atoms with van der Waals surface area (Å²) in [5, 5.41) is 0. The molecule has 0 aliphatic carbocycles. The molecule has 0 bridgehead atoms. The molecule has 0 amide bonds. The number of ketones is 1. The summed E-state index contributed by atoms with van der Waals surface area (Å²) in [6, 6.07) is 7.57. The molecule has 0 aliphatic rings. The van der Waals surface area contributed by atoms with Crippen molar-refractivity contribution in [2.75, 3.05) is 21.3 Å². The Balaban J connectivity index is 2.31.